The SMILES string of the molecule is CCCN(CC(=O)N(C)C)c1ncnc(NCC)c1OC. The van der Waals surface area contributed by atoms with E-state index in [4.69, 9.17) is 4.74 Å². The molecule has 1 aromatic rings. The first-order valence-corrected chi connectivity index (χ1v) is 7.13. The van der Waals surface area contributed by atoms with Crippen LogP contribution < -0.4 is 15.0 Å². The van der Waals surface area contributed by atoms with Crippen LogP contribution in [0.2, 0.25) is 0 Å². The van der Waals surface area contributed by atoms with Gasteiger partial charge in [-0.25, -0.2) is 9.97 Å². The van der Waals surface area contributed by atoms with Gasteiger partial charge in [0.25, 0.3) is 0 Å². The third kappa shape index (κ3) is 4.47. The highest BCUT2D eigenvalue weighted by Gasteiger charge is 2.20. The molecule has 21 heavy (non-hydrogen) atoms. The van der Waals surface area contributed by atoms with Gasteiger partial charge in [0.15, 0.2) is 11.6 Å². The van der Waals surface area contributed by atoms with Crippen molar-refractivity contribution in [2.45, 2.75) is 20.3 Å². The van der Waals surface area contributed by atoms with Crippen molar-refractivity contribution in [3.05, 3.63) is 6.33 Å². The first-order valence-electron chi connectivity index (χ1n) is 7.13. The Bertz CT molecular complexity index is 465. The fourth-order valence-corrected chi connectivity index (χ4v) is 1.91. The number of amides is 1. The van der Waals surface area contributed by atoms with E-state index < -0.39 is 0 Å². The molecule has 0 unspecified atom stereocenters. The van der Waals surface area contributed by atoms with Crippen molar-refractivity contribution in [2.75, 3.05) is 51.1 Å². The van der Waals surface area contributed by atoms with Gasteiger partial charge in [0, 0.05) is 27.2 Å². The lowest BCUT2D eigenvalue weighted by Crippen LogP contribution is -2.37. The highest BCUT2D eigenvalue weighted by molar-refractivity contribution is 5.81. The van der Waals surface area contributed by atoms with Crippen molar-refractivity contribution in [3.63, 3.8) is 0 Å². The number of ether oxygens (including phenoxy) is 1. The van der Waals surface area contributed by atoms with Gasteiger partial charge < -0.3 is 19.9 Å². The molecule has 1 amide bonds. The Morgan fingerprint density at radius 2 is 2.05 bits per heavy atom. The molecule has 7 heteroatoms. The van der Waals surface area contributed by atoms with Crippen molar-refractivity contribution >= 4 is 17.5 Å². The highest BCUT2D eigenvalue weighted by atomic mass is 16.5. The second-order valence-electron chi connectivity index (χ2n) is 4.82. The van der Waals surface area contributed by atoms with Crippen LogP contribution in [0, 0.1) is 0 Å². The van der Waals surface area contributed by atoms with E-state index in [1.165, 1.54) is 6.33 Å². The number of anilines is 2. The monoisotopic (exact) mass is 295 g/mol. The highest BCUT2D eigenvalue weighted by Crippen LogP contribution is 2.31. The number of rotatable bonds is 8. The predicted octanol–water partition coefficient (Wildman–Crippen LogP) is 1.22. The van der Waals surface area contributed by atoms with Gasteiger partial charge in [0.05, 0.1) is 13.7 Å². The average molecular weight is 295 g/mol. The Hall–Kier alpha value is -2.05. The summed E-state index contributed by atoms with van der Waals surface area (Å²) >= 11 is 0. The number of likely N-dealkylation sites (N-methyl/N-ethyl adjacent to an activating group) is 1. The van der Waals surface area contributed by atoms with Crippen molar-refractivity contribution in [1.29, 1.82) is 0 Å². The van der Waals surface area contributed by atoms with Gasteiger partial charge in [0.1, 0.15) is 6.33 Å². The van der Waals surface area contributed by atoms with Crippen LogP contribution in [-0.4, -0.2) is 61.6 Å². The van der Waals surface area contributed by atoms with Crippen molar-refractivity contribution in [2.24, 2.45) is 0 Å². The van der Waals surface area contributed by atoms with Crippen LogP contribution in [-0.2, 0) is 4.79 Å². The third-order valence-electron chi connectivity index (χ3n) is 2.95. The first kappa shape index (κ1) is 17.0. The number of hydrogen-bond donors (Lipinski definition) is 1. The molecule has 0 aliphatic rings. The summed E-state index contributed by atoms with van der Waals surface area (Å²) in [7, 11) is 5.07. The molecule has 0 saturated carbocycles. The average Bonchev–Trinajstić information content (AvgIpc) is 2.46. The molecule has 0 aromatic carbocycles. The van der Waals surface area contributed by atoms with E-state index >= 15 is 0 Å². The lowest BCUT2D eigenvalue weighted by atomic mass is 10.3. The number of carbonyl (C=O) groups is 1. The van der Waals surface area contributed by atoms with Gasteiger partial charge in [-0.2, -0.15) is 0 Å². The fourth-order valence-electron chi connectivity index (χ4n) is 1.91. The molecule has 0 spiro atoms. The summed E-state index contributed by atoms with van der Waals surface area (Å²) in [5, 5.41) is 3.14. The molecule has 0 aliphatic carbocycles. The summed E-state index contributed by atoms with van der Waals surface area (Å²) in [5.74, 6) is 1.87. The molecule has 118 valence electrons. The van der Waals surface area contributed by atoms with Crippen molar-refractivity contribution in [3.8, 4) is 5.75 Å². The van der Waals surface area contributed by atoms with Gasteiger partial charge in [0.2, 0.25) is 11.7 Å². The molecule has 1 rings (SSSR count). The zero-order valence-corrected chi connectivity index (χ0v) is 13.5. The minimum absolute atomic E-state index is 0.0223. The molecular formula is C14H25N5O2. The maximum absolute atomic E-state index is 12.0. The fraction of sp³-hybridized carbons (Fsp3) is 0.643. The van der Waals surface area contributed by atoms with E-state index in [0.29, 0.717) is 17.4 Å². The normalized spacial score (nSPS) is 10.1. The second kappa shape index (κ2) is 8.28. The van der Waals surface area contributed by atoms with E-state index in [9.17, 15) is 4.79 Å². The Balaban J connectivity index is 3.12. The predicted molar refractivity (Wildman–Crippen MR) is 83.9 cm³/mol. The molecule has 0 bridgehead atoms. The Kier molecular flexibility index (Phi) is 6.71. The van der Waals surface area contributed by atoms with Crippen LogP contribution in [0.5, 0.6) is 5.75 Å². The Morgan fingerprint density at radius 3 is 2.57 bits per heavy atom. The summed E-state index contributed by atoms with van der Waals surface area (Å²) in [6, 6.07) is 0. The minimum Gasteiger partial charge on any atom is -0.490 e. The van der Waals surface area contributed by atoms with Crippen molar-refractivity contribution < 1.29 is 9.53 Å². The van der Waals surface area contributed by atoms with E-state index in [0.717, 1.165) is 19.5 Å². The van der Waals surface area contributed by atoms with Gasteiger partial charge in [-0.05, 0) is 13.3 Å². The molecular weight excluding hydrogens is 270 g/mol. The zero-order chi connectivity index (χ0) is 15.8. The summed E-state index contributed by atoms with van der Waals surface area (Å²) in [6.45, 7) is 5.77. The number of nitrogens with zero attached hydrogens (tertiary/aromatic N) is 4. The lowest BCUT2D eigenvalue weighted by molar-refractivity contribution is -0.127. The summed E-state index contributed by atoms with van der Waals surface area (Å²) in [5.41, 5.74) is 0. The van der Waals surface area contributed by atoms with E-state index in [1.807, 2.05) is 11.8 Å². The summed E-state index contributed by atoms with van der Waals surface area (Å²) in [6.07, 6.45) is 2.39. The largest absolute Gasteiger partial charge is 0.490 e. The van der Waals surface area contributed by atoms with Gasteiger partial charge in [-0.15, -0.1) is 0 Å². The molecule has 0 radical (unpaired) electrons. The van der Waals surface area contributed by atoms with Gasteiger partial charge in [-0.1, -0.05) is 6.92 Å². The molecule has 0 atom stereocenters. The number of nitrogens with one attached hydrogen (secondary N) is 1. The maximum Gasteiger partial charge on any atom is 0.241 e. The van der Waals surface area contributed by atoms with Crippen LogP contribution in [0.25, 0.3) is 0 Å². The molecule has 7 nitrogen and oxygen atoms in total. The van der Waals surface area contributed by atoms with Crippen LogP contribution in [0.15, 0.2) is 6.33 Å². The van der Waals surface area contributed by atoms with Crippen LogP contribution in [0.3, 0.4) is 0 Å². The second-order valence-corrected chi connectivity index (χ2v) is 4.82. The summed E-state index contributed by atoms with van der Waals surface area (Å²) in [4.78, 5) is 24.0. The van der Waals surface area contributed by atoms with Gasteiger partial charge in [-0.3, -0.25) is 4.79 Å². The van der Waals surface area contributed by atoms with Gasteiger partial charge >= 0.3 is 0 Å². The van der Waals surface area contributed by atoms with Crippen LogP contribution in [0.1, 0.15) is 20.3 Å². The standard InChI is InChI=1S/C14H25N5O2/c1-6-8-19(9-11(20)18(3)4)14-12(21-5)13(15-7-2)16-10-17-14/h10H,6-9H2,1-5H3,(H,15,16,17). The molecule has 0 aliphatic heterocycles. The van der Waals surface area contributed by atoms with Crippen LogP contribution in [0.4, 0.5) is 11.6 Å². The Labute approximate surface area is 126 Å². The Morgan fingerprint density at radius 1 is 1.33 bits per heavy atom. The molecule has 1 aromatic heterocycles. The quantitative estimate of drug-likeness (QED) is 0.777. The topological polar surface area (TPSA) is 70.6 Å². The summed E-state index contributed by atoms with van der Waals surface area (Å²) < 4.78 is 5.44. The molecule has 1 heterocycles. The van der Waals surface area contributed by atoms with E-state index in [-0.39, 0.29) is 12.5 Å². The smallest absolute Gasteiger partial charge is 0.241 e. The molecule has 1 N–H and O–H groups in total. The number of hydrogen-bond acceptors (Lipinski definition) is 6. The van der Waals surface area contributed by atoms with Crippen LogP contribution >= 0.6 is 0 Å². The number of methoxy groups -OCH3 is 1. The molecule has 0 fully saturated rings. The van der Waals surface area contributed by atoms with E-state index in [2.05, 4.69) is 22.2 Å². The first-order chi connectivity index (χ1) is 10.0. The number of carbonyl (C=O) groups excluding carboxylic acids is 1. The molecule has 0 saturated heterocycles. The van der Waals surface area contributed by atoms with Crippen molar-refractivity contribution in [1.82, 2.24) is 14.9 Å². The van der Waals surface area contributed by atoms with E-state index in [1.54, 1.807) is 26.1 Å². The zero-order valence-electron chi connectivity index (χ0n) is 13.5. The maximum atomic E-state index is 12.0. The number of aromatic nitrogens is 2. The third-order valence-corrected chi connectivity index (χ3v) is 2.95. The minimum atomic E-state index is 0.0223. The lowest BCUT2D eigenvalue weighted by Gasteiger charge is -2.26.